The molecule has 0 bridgehead atoms. The minimum Gasteiger partial charge on any atom is -0.489 e. The second-order valence-electron chi connectivity index (χ2n) is 6.83. The Morgan fingerprint density at radius 2 is 1.73 bits per heavy atom. The predicted octanol–water partition coefficient (Wildman–Crippen LogP) is 2.32. The normalized spacial score (nSPS) is 14.2. The molecule has 10 heteroatoms. The highest BCUT2D eigenvalue weighted by Crippen LogP contribution is 2.28. The summed E-state index contributed by atoms with van der Waals surface area (Å²) in [4.78, 5) is 37.1. The van der Waals surface area contributed by atoms with Crippen molar-refractivity contribution in [2.45, 2.75) is 31.1 Å². The summed E-state index contributed by atoms with van der Waals surface area (Å²) < 4.78 is 44.3. The van der Waals surface area contributed by atoms with Crippen LogP contribution in [0.25, 0.3) is 0 Å². The van der Waals surface area contributed by atoms with Crippen LogP contribution in [-0.4, -0.2) is 53.4 Å². The lowest BCUT2D eigenvalue weighted by Gasteiger charge is -2.20. The Morgan fingerprint density at radius 3 is 2.36 bits per heavy atom. The number of allylic oxidation sites excluding steroid dienone is 2. The zero-order valence-electron chi connectivity index (χ0n) is 18.5. The number of ketones is 2. The van der Waals surface area contributed by atoms with E-state index in [0.717, 1.165) is 6.07 Å². The smallest absolute Gasteiger partial charge is 0.338 e. The fourth-order valence-corrected chi connectivity index (χ4v) is 4.00. The molecule has 0 unspecified atom stereocenters. The molecule has 0 amide bonds. The standard InChI is InChI=1S/C23H24O9S/c1-5-6-13-32-33(27,28)17-10-7-9-16(14-17)23(26)31-12-8-11-18-15(2)19(24)21(29-3)22(30-4)20(18)25/h1,7,9-10,14H,6,8,11-13H2,2-4H3. The second kappa shape index (κ2) is 11.4. The minimum atomic E-state index is -4.07. The lowest BCUT2D eigenvalue weighted by atomic mass is 9.90. The van der Waals surface area contributed by atoms with E-state index in [4.69, 9.17) is 24.8 Å². The first-order valence-corrected chi connectivity index (χ1v) is 11.3. The van der Waals surface area contributed by atoms with E-state index < -0.39 is 27.7 Å². The van der Waals surface area contributed by atoms with Crippen molar-refractivity contribution >= 4 is 27.7 Å². The van der Waals surface area contributed by atoms with E-state index in [0.29, 0.717) is 0 Å². The lowest BCUT2D eigenvalue weighted by molar-refractivity contribution is -0.121. The molecule has 0 saturated carbocycles. The van der Waals surface area contributed by atoms with E-state index in [-0.39, 0.29) is 65.6 Å². The summed E-state index contributed by atoms with van der Waals surface area (Å²) in [5.41, 5.74) is 0.517. The molecule has 1 aliphatic carbocycles. The molecule has 0 atom stereocenters. The van der Waals surface area contributed by atoms with Gasteiger partial charge in [-0.25, -0.2) is 4.79 Å². The van der Waals surface area contributed by atoms with Gasteiger partial charge in [-0.05, 0) is 38.0 Å². The van der Waals surface area contributed by atoms with Crippen LogP contribution >= 0.6 is 0 Å². The third kappa shape index (κ3) is 6.09. The quantitative estimate of drug-likeness (QED) is 0.156. The third-order valence-corrected chi connectivity index (χ3v) is 6.05. The molecule has 0 fully saturated rings. The number of hydrogen-bond acceptors (Lipinski definition) is 9. The van der Waals surface area contributed by atoms with E-state index in [2.05, 4.69) is 5.92 Å². The summed E-state index contributed by atoms with van der Waals surface area (Å²) in [7, 11) is -1.51. The Kier molecular flexibility index (Phi) is 8.96. The van der Waals surface area contributed by atoms with Gasteiger partial charge in [0.05, 0.1) is 37.9 Å². The van der Waals surface area contributed by atoms with Gasteiger partial charge < -0.3 is 14.2 Å². The zero-order chi connectivity index (χ0) is 24.6. The van der Waals surface area contributed by atoms with Gasteiger partial charge in [0, 0.05) is 17.6 Å². The molecule has 0 N–H and O–H groups in total. The number of Topliss-reactive ketones (excluding diaryl/α,β-unsaturated/α-hetero) is 2. The molecule has 0 radical (unpaired) electrons. The second-order valence-corrected chi connectivity index (χ2v) is 8.44. The molecular weight excluding hydrogens is 452 g/mol. The fraction of sp³-hybridized carbons (Fsp3) is 0.348. The van der Waals surface area contributed by atoms with Crippen LogP contribution in [0.15, 0.2) is 51.8 Å². The number of hydrogen-bond donors (Lipinski definition) is 0. The number of esters is 1. The van der Waals surface area contributed by atoms with Crippen LogP contribution in [0.3, 0.4) is 0 Å². The van der Waals surface area contributed by atoms with Crippen molar-refractivity contribution in [3.63, 3.8) is 0 Å². The van der Waals surface area contributed by atoms with Gasteiger partial charge in [-0.1, -0.05) is 6.07 Å². The average Bonchev–Trinajstić information content (AvgIpc) is 2.80. The fourth-order valence-electron chi connectivity index (χ4n) is 3.05. The highest BCUT2D eigenvalue weighted by molar-refractivity contribution is 7.86. The maximum Gasteiger partial charge on any atom is 0.338 e. The first-order valence-electron chi connectivity index (χ1n) is 9.89. The monoisotopic (exact) mass is 476 g/mol. The van der Waals surface area contributed by atoms with E-state index in [1.807, 2.05) is 0 Å². The van der Waals surface area contributed by atoms with Crippen molar-refractivity contribution in [2.24, 2.45) is 0 Å². The van der Waals surface area contributed by atoms with Gasteiger partial charge in [0.1, 0.15) is 0 Å². The molecule has 176 valence electrons. The van der Waals surface area contributed by atoms with Crippen molar-refractivity contribution in [1.82, 2.24) is 0 Å². The Labute approximate surface area is 192 Å². The first-order chi connectivity index (χ1) is 15.7. The van der Waals surface area contributed by atoms with Crippen molar-refractivity contribution in [3.05, 3.63) is 52.5 Å². The summed E-state index contributed by atoms with van der Waals surface area (Å²) in [6.45, 7) is 1.29. The van der Waals surface area contributed by atoms with Crippen LogP contribution in [0.4, 0.5) is 0 Å². The summed E-state index contributed by atoms with van der Waals surface area (Å²) in [5.74, 6) is 0.318. The minimum absolute atomic E-state index is 0.0188. The molecule has 1 aliphatic rings. The lowest BCUT2D eigenvalue weighted by Crippen LogP contribution is -2.25. The van der Waals surface area contributed by atoms with E-state index in [1.54, 1.807) is 0 Å². The molecule has 0 spiro atoms. The van der Waals surface area contributed by atoms with Gasteiger partial charge in [-0.2, -0.15) is 8.42 Å². The Bertz CT molecular complexity index is 1150. The molecule has 0 saturated heterocycles. The Morgan fingerprint density at radius 1 is 1.06 bits per heavy atom. The van der Waals surface area contributed by atoms with Gasteiger partial charge >= 0.3 is 5.97 Å². The SMILES string of the molecule is C#CCCOS(=O)(=O)c1cccc(C(=O)OCCCC2=C(C)C(=O)C(OC)=C(OC)C2=O)c1. The molecule has 1 aromatic carbocycles. The topological polar surface area (TPSA) is 122 Å². The summed E-state index contributed by atoms with van der Waals surface area (Å²) >= 11 is 0. The van der Waals surface area contributed by atoms with Gasteiger partial charge in [0.2, 0.25) is 23.1 Å². The van der Waals surface area contributed by atoms with Crippen molar-refractivity contribution in [3.8, 4) is 12.3 Å². The number of methoxy groups -OCH3 is 2. The largest absolute Gasteiger partial charge is 0.489 e. The highest BCUT2D eigenvalue weighted by atomic mass is 32.2. The maximum atomic E-state index is 12.6. The molecule has 33 heavy (non-hydrogen) atoms. The van der Waals surface area contributed by atoms with Gasteiger partial charge in [-0.15, -0.1) is 12.3 Å². The van der Waals surface area contributed by atoms with Crippen molar-refractivity contribution in [2.75, 3.05) is 27.4 Å². The summed E-state index contributed by atoms with van der Waals surface area (Å²) in [5, 5.41) is 0. The molecular formula is C23H24O9S. The number of benzene rings is 1. The van der Waals surface area contributed by atoms with E-state index >= 15 is 0 Å². The number of ether oxygens (including phenoxy) is 3. The maximum absolute atomic E-state index is 12.6. The predicted molar refractivity (Wildman–Crippen MR) is 116 cm³/mol. The van der Waals surface area contributed by atoms with Crippen LogP contribution in [0, 0.1) is 12.3 Å². The van der Waals surface area contributed by atoms with Crippen LogP contribution < -0.4 is 0 Å². The Hall–Kier alpha value is -3.42. The van der Waals surface area contributed by atoms with Crippen LogP contribution in [-0.2, 0) is 38.1 Å². The van der Waals surface area contributed by atoms with Crippen molar-refractivity contribution < 1.29 is 41.2 Å². The summed E-state index contributed by atoms with van der Waals surface area (Å²) in [6.07, 6.45) is 5.63. The van der Waals surface area contributed by atoms with Crippen LogP contribution in [0.1, 0.15) is 36.5 Å². The highest BCUT2D eigenvalue weighted by Gasteiger charge is 2.34. The van der Waals surface area contributed by atoms with Crippen molar-refractivity contribution in [1.29, 1.82) is 0 Å². The van der Waals surface area contributed by atoms with Gasteiger partial charge in [0.15, 0.2) is 0 Å². The number of carbonyl (C=O) groups excluding carboxylic acids is 3. The molecule has 0 aliphatic heterocycles. The third-order valence-electron chi connectivity index (χ3n) is 4.74. The molecule has 2 rings (SSSR count). The van der Waals surface area contributed by atoms with Crippen LogP contribution in [0.5, 0.6) is 0 Å². The van der Waals surface area contributed by atoms with Crippen LogP contribution in [0.2, 0.25) is 0 Å². The summed E-state index contributed by atoms with van der Waals surface area (Å²) in [6, 6.07) is 5.23. The molecule has 0 heterocycles. The average molecular weight is 477 g/mol. The van der Waals surface area contributed by atoms with E-state index in [9.17, 15) is 22.8 Å². The number of carbonyl (C=O) groups is 3. The molecule has 9 nitrogen and oxygen atoms in total. The zero-order valence-corrected chi connectivity index (χ0v) is 19.3. The van der Waals surface area contributed by atoms with E-state index in [1.165, 1.54) is 39.3 Å². The number of terminal acetylenes is 1. The number of rotatable bonds is 11. The van der Waals surface area contributed by atoms with Gasteiger partial charge in [0.25, 0.3) is 10.1 Å². The molecule has 1 aromatic rings. The first kappa shape index (κ1) is 25.8. The molecule has 0 aromatic heterocycles. The van der Waals surface area contributed by atoms with Gasteiger partial charge in [-0.3, -0.25) is 13.8 Å². The Balaban J connectivity index is 1.99.